The molecular weight excluding hydrogens is 236 g/mol. The van der Waals surface area contributed by atoms with Crippen molar-refractivity contribution in [2.45, 2.75) is 39.7 Å². The number of piperidine rings is 1. The number of hydrogen-bond donors (Lipinski definition) is 1. The van der Waals surface area contributed by atoms with E-state index >= 15 is 0 Å². The van der Waals surface area contributed by atoms with E-state index in [9.17, 15) is 4.79 Å². The van der Waals surface area contributed by atoms with E-state index in [4.69, 9.17) is 5.73 Å². The first-order valence-electron chi connectivity index (χ1n) is 7.03. The van der Waals surface area contributed by atoms with Gasteiger partial charge in [-0.15, -0.1) is 0 Å². The van der Waals surface area contributed by atoms with E-state index in [1.807, 2.05) is 4.90 Å². The van der Waals surface area contributed by atoms with Crippen LogP contribution in [0.2, 0.25) is 0 Å². The monoisotopic (exact) mass is 260 g/mol. The van der Waals surface area contributed by atoms with E-state index in [1.54, 1.807) is 6.92 Å². The Labute approximate surface area is 115 Å². The van der Waals surface area contributed by atoms with E-state index in [0.29, 0.717) is 12.5 Å². The van der Waals surface area contributed by atoms with E-state index in [2.05, 4.69) is 32.0 Å². The molecule has 0 radical (unpaired) electrons. The van der Waals surface area contributed by atoms with Crippen LogP contribution < -0.4 is 5.73 Å². The van der Waals surface area contributed by atoms with Crippen LogP contribution >= 0.6 is 0 Å². The van der Waals surface area contributed by atoms with Crippen molar-refractivity contribution in [3.8, 4) is 0 Å². The number of aryl methyl sites for hydroxylation is 2. The summed E-state index contributed by atoms with van der Waals surface area (Å²) in [5, 5.41) is 0. The molecular formula is C16H24N2O. The van der Waals surface area contributed by atoms with Gasteiger partial charge in [-0.05, 0) is 49.3 Å². The first-order valence-corrected chi connectivity index (χ1v) is 7.03. The van der Waals surface area contributed by atoms with Crippen molar-refractivity contribution in [1.82, 2.24) is 4.90 Å². The minimum atomic E-state index is 0.120. The van der Waals surface area contributed by atoms with Crippen molar-refractivity contribution in [2.24, 2.45) is 11.7 Å². The molecule has 104 valence electrons. The van der Waals surface area contributed by atoms with Gasteiger partial charge >= 0.3 is 0 Å². The summed E-state index contributed by atoms with van der Waals surface area (Å²) in [5.74, 6) is 0.620. The third-order valence-corrected chi connectivity index (χ3v) is 4.11. The molecule has 0 saturated carbocycles. The number of carbonyl (C=O) groups excluding carboxylic acids is 1. The number of benzene rings is 1. The van der Waals surface area contributed by atoms with E-state index in [-0.39, 0.29) is 11.9 Å². The van der Waals surface area contributed by atoms with Gasteiger partial charge in [-0.3, -0.25) is 4.79 Å². The fourth-order valence-corrected chi connectivity index (χ4v) is 2.92. The molecule has 3 nitrogen and oxygen atoms in total. The maximum Gasteiger partial charge on any atom is 0.219 e. The number of hydrogen-bond acceptors (Lipinski definition) is 2. The zero-order valence-corrected chi connectivity index (χ0v) is 12.1. The summed E-state index contributed by atoms with van der Waals surface area (Å²) in [4.78, 5) is 13.4. The van der Waals surface area contributed by atoms with Gasteiger partial charge in [0.1, 0.15) is 0 Å². The fraction of sp³-hybridized carbons (Fsp3) is 0.562. The van der Waals surface area contributed by atoms with Gasteiger partial charge in [-0.2, -0.15) is 0 Å². The molecule has 1 heterocycles. The number of rotatable bonds is 2. The minimum Gasteiger partial charge on any atom is -0.341 e. The smallest absolute Gasteiger partial charge is 0.219 e. The van der Waals surface area contributed by atoms with Crippen molar-refractivity contribution >= 4 is 5.91 Å². The molecule has 2 rings (SSSR count). The van der Waals surface area contributed by atoms with Crippen molar-refractivity contribution in [3.05, 3.63) is 34.9 Å². The van der Waals surface area contributed by atoms with E-state index in [0.717, 1.165) is 19.4 Å². The Balaban J connectivity index is 2.05. The Hall–Kier alpha value is -1.35. The van der Waals surface area contributed by atoms with Crippen LogP contribution in [0.5, 0.6) is 0 Å². The van der Waals surface area contributed by atoms with Crippen LogP contribution in [0.15, 0.2) is 18.2 Å². The topological polar surface area (TPSA) is 46.3 Å². The second kappa shape index (κ2) is 5.74. The molecule has 1 aliphatic rings. The molecule has 3 heteroatoms. The molecule has 1 fully saturated rings. The molecule has 0 spiro atoms. The van der Waals surface area contributed by atoms with Crippen LogP contribution in [0, 0.1) is 19.8 Å². The predicted octanol–water partition coefficient (Wildman–Crippen LogP) is 2.04. The lowest BCUT2D eigenvalue weighted by Crippen LogP contribution is -2.49. The van der Waals surface area contributed by atoms with Gasteiger partial charge in [0.15, 0.2) is 0 Å². The normalized spacial score (nSPS) is 23.5. The molecule has 0 aliphatic carbocycles. The Morgan fingerprint density at radius 3 is 2.68 bits per heavy atom. The van der Waals surface area contributed by atoms with Crippen LogP contribution in [0.1, 0.15) is 30.0 Å². The summed E-state index contributed by atoms with van der Waals surface area (Å²) in [6.07, 6.45) is 2.02. The Kier molecular flexibility index (Phi) is 4.25. The molecule has 2 unspecified atom stereocenters. The van der Waals surface area contributed by atoms with Gasteiger partial charge in [0.05, 0.1) is 0 Å². The highest BCUT2D eigenvalue weighted by atomic mass is 16.2. The van der Waals surface area contributed by atoms with Gasteiger partial charge in [0, 0.05) is 26.1 Å². The molecule has 19 heavy (non-hydrogen) atoms. The third-order valence-electron chi connectivity index (χ3n) is 4.11. The molecule has 0 aromatic heterocycles. The highest BCUT2D eigenvalue weighted by Crippen LogP contribution is 2.21. The largest absolute Gasteiger partial charge is 0.341 e. The van der Waals surface area contributed by atoms with Gasteiger partial charge in [-0.1, -0.05) is 18.2 Å². The second-order valence-corrected chi connectivity index (χ2v) is 5.91. The van der Waals surface area contributed by atoms with Gasteiger partial charge < -0.3 is 10.6 Å². The molecule has 0 bridgehead atoms. The zero-order chi connectivity index (χ0) is 14.0. The van der Waals surface area contributed by atoms with Gasteiger partial charge in [0.2, 0.25) is 5.91 Å². The average Bonchev–Trinajstić information content (AvgIpc) is 2.33. The van der Waals surface area contributed by atoms with Crippen LogP contribution in [0.25, 0.3) is 0 Å². The SMILES string of the molecule is CC(=O)N1CC(N)CC(Cc2ccc(C)c(C)c2)C1. The molecule has 1 aromatic rings. The molecule has 2 atom stereocenters. The summed E-state index contributed by atoms with van der Waals surface area (Å²) in [5.41, 5.74) is 10.1. The number of nitrogens with zero attached hydrogens (tertiary/aromatic N) is 1. The lowest BCUT2D eigenvalue weighted by atomic mass is 9.88. The quantitative estimate of drug-likeness (QED) is 0.884. The highest BCUT2D eigenvalue weighted by molar-refractivity contribution is 5.73. The Morgan fingerprint density at radius 2 is 2.05 bits per heavy atom. The van der Waals surface area contributed by atoms with Crippen molar-refractivity contribution in [2.75, 3.05) is 13.1 Å². The average molecular weight is 260 g/mol. The van der Waals surface area contributed by atoms with Crippen LogP contribution in [0.3, 0.4) is 0 Å². The molecule has 1 saturated heterocycles. The molecule has 1 aliphatic heterocycles. The van der Waals surface area contributed by atoms with E-state index < -0.39 is 0 Å². The Bertz CT molecular complexity index is 470. The number of likely N-dealkylation sites (tertiary alicyclic amines) is 1. The molecule has 2 N–H and O–H groups in total. The second-order valence-electron chi connectivity index (χ2n) is 5.91. The lowest BCUT2D eigenvalue weighted by molar-refractivity contribution is -0.130. The maximum absolute atomic E-state index is 11.5. The zero-order valence-electron chi connectivity index (χ0n) is 12.1. The van der Waals surface area contributed by atoms with Gasteiger partial charge in [-0.25, -0.2) is 0 Å². The summed E-state index contributed by atoms with van der Waals surface area (Å²) < 4.78 is 0. The number of amides is 1. The standard InChI is InChI=1S/C16H24N2O/c1-11-4-5-14(6-12(11)2)7-15-8-16(17)10-18(9-15)13(3)19/h4-6,15-16H,7-10,17H2,1-3H3. The van der Waals surface area contributed by atoms with Crippen LogP contribution in [-0.4, -0.2) is 29.9 Å². The summed E-state index contributed by atoms with van der Waals surface area (Å²) in [6, 6.07) is 6.75. The number of nitrogens with two attached hydrogens (primary N) is 1. The first kappa shape index (κ1) is 14.1. The summed E-state index contributed by atoms with van der Waals surface area (Å²) in [7, 11) is 0. The molecule has 1 aromatic carbocycles. The third kappa shape index (κ3) is 3.57. The molecule has 1 amide bonds. The minimum absolute atomic E-state index is 0.120. The summed E-state index contributed by atoms with van der Waals surface area (Å²) in [6.45, 7) is 7.46. The fourth-order valence-electron chi connectivity index (χ4n) is 2.92. The van der Waals surface area contributed by atoms with Gasteiger partial charge in [0.25, 0.3) is 0 Å². The highest BCUT2D eigenvalue weighted by Gasteiger charge is 2.26. The van der Waals surface area contributed by atoms with Crippen LogP contribution in [0.4, 0.5) is 0 Å². The van der Waals surface area contributed by atoms with E-state index in [1.165, 1.54) is 16.7 Å². The first-order chi connectivity index (χ1) is 8.95. The number of carbonyl (C=O) groups is 1. The predicted molar refractivity (Wildman–Crippen MR) is 78.0 cm³/mol. The van der Waals surface area contributed by atoms with Crippen LogP contribution in [-0.2, 0) is 11.2 Å². The van der Waals surface area contributed by atoms with Crippen molar-refractivity contribution < 1.29 is 4.79 Å². The Morgan fingerprint density at radius 1 is 1.32 bits per heavy atom. The maximum atomic E-state index is 11.5. The van der Waals surface area contributed by atoms with Crippen molar-refractivity contribution in [3.63, 3.8) is 0 Å². The lowest BCUT2D eigenvalue weighted by Gasteiger charge is -2.36. The van der Waals surface area contributed by atoms with Crippen molar-refractivity contribution in [1.29, 1.82) is 0 Å². The summed E-state index contributed by atoms with van der Waals surface area (Å²) >= 11 is 0.